The van der Waals surface area contributed by atoms with Crippen LogP contribution >= 0.6 is 0 Å². The molecule has 0 fully saturated rings. The number of benzene rings is 2. The first kappa shape index (κ1) is 20.0. The van der Waals surface area contributed by atoms with Gasteiger partial charge in [-0.05, 0) is 55.5 Å². The number of carbonyl (C=O) groups is 1. The fourth-order valence-corrected chi connectivity index (χ4v) is 2.63. The van der Waals surface area contributed by atoms with Gasteiger partial charge in [-0.3, -0.25) is 0 Å². The molecular weight excluding hydrogens is 406 g/mol. The maximum atomic E-state index is 13.2. The van der Waals surface area contributed by atoms with E-state index in [0.29, 0.717) is 23.1 Å². The molecule has 2 aromatic carbocycles. The topological polar surface area (TPSA) is 94.0 Å². The highest BCUT2D eigenvalue weighted by Crippen LogP contribution is 2.22. The van der Waals surface area contributed by atoms with Gasteiger partial charge in [0.15, 0.2) is 17.5 Å². The van der Waals surface area contributed by atoms with Crippen molar-refractivity contribution in [3.05, 3.63) is 84.2 Å². The Morgan fingerprint density at radius 3 is 2.29 bits per heavy atom. The summed E-state index contributed by atoms with van der Waals surface area (Å²) >= 11 is 0. The molecule has 2 amide bonds. The first-order valence-corrected chi connectivity index (χ1v) is 9.14. The molecule has 0 aliphatic carbocycles. The van der Waals surface area contributed by atoms with E-state index < -0.39 is 17.7 Å². The van der Waals surface area contributed by atoms with Gasteiger partial charge in [0.1, 0.15) is 5.75 Å². The van der Waals surface area contributed by atoms with Crippen molar-refractivity contribution < 1.29 is 18.3 Å². The van der Waals surface area contributed by atoms with Crippen LogP contribution in [0.2, 0.25) is 0 Å². The molecule has 0 bridgehead atoms. The first-order chi connectivity index (χ1) is 15.0. The van der Waals surface area contributed by atoms with Gasteiger partial charge >= 0.3 is 6.03 Å². The summed E-state index contributed by atoms with van der Waals surface area (Å²) in [5.74, 6) is -0.687. The number of urea groups is 1. The molecule has 0 radical (unpaired) electrons. The summed E-state index contributed by atoms with van der Waals surface area (Å²) in [7, 11) is 0. The normalized spacial score (nSPS) is 10.5. The molecule has 8 nitrogen and oxygen atoms in total. The molecule has 2 heterocycles. The summed E-state index contributed by atoms with van der Waals surface area (Å²) in [6.07, 6.45) is 1.79. The summed E-state index contributed by atoms with van der Waals surface area (Å²) in [6, 6.07) is 14.3. The van der Waals surface area contributed by atoms with Crippen LogP contribution in [0.4, 0.5) is 25.0 Å². The van der Waals surface area contributed by atoms with Crippen molar-refractivity contribution in [2.75, 3.05) is 10.6 Å². The number of hydrogen-bond acceptors (Lipinski definition) is 5. The maximum absolute atomic E-state index is 13.2. The molecule has 4 rings (SSSR count). The highest BCUT2D eigenvalue weighted by molar-refractivity contribution is 5.99. The van der Waals surface area contributed by atoms with Crippen LogP contribution in [0.5, 0.6) is 11.6 Å². The molecule has 0 spiro atoms. The van der Waals surface area contributed by atoms with E-state index in [-0.39, 0.29) is 5.69 Å². The molecule has 0 aliphatic rings. The third kappa shape index (κ3) is 4.99. The molecule has 10 heteroatoms. The molecular formula is C21H16F2N6O2. The number of amides is 2. The Kier molecular flexibility index (Phi) is 5.52. The number of nitrogens with one attached hydrogen (secondary N) is 2. The van der Waals surface area contributed by atoms with E-state index in [1.807, 2.05) is 13.0 Å². The summed E-state index contributed by atoms with van der Waals surface area (Å²) in [5.41, 5.74) is 1.47. The van der Waals surface area contributed by atoms with Crippen LogP contribution in [0, 0.1) is 18.6 Å². The molecule has 0 saturated heterocycles. The van der Waals surface area contributed by atoms with Crippen molar-refractivity contribution in [1.29, 1.82) is 0 Å². The van der Waals surface area contributed by atoms with E-state index in [1.54, 1.807) is 47.3 Å². The fourth-order valence-electron chi connectivity index (χ4n) is 2.63. The number of aromatic nitrogens is 4. The van der Waals surface area contributed by atoms with Gasteiger partial charge in [0, 0.05) is 29.7 Å². The smallest absolute Gasteiger partial charge is 0.323 e. The molecule has 0 saturated carbocycles. The predicted octanol–water partition coefficient (Wildman–Crippen LogP) is 4.69. The van der Waals surface area contributed by atoms with E-state index in [4.69, 9.17) is 4.74 Å². The van der Waals surface area contributed by atoms with Crippen LogP contribution < -0.4 is 15.4 Å². The fraction of sp³-hybridized carbons (Fsp3) is 0.0476. The largest absolute Gasteiger partial charge is 0.438 e. The summed E-state index contributed by atoms with van der Waals surface area (Å²) < 4.78 is 33.4. The van der Waals surface area contributed by atoms with Crippen molar-refractivity contribution in [1.82, 2.24) is 20.0 Å². The van der Waals surface area contributed by atoms with E-state index in [2.05, 4.69) is 25.9 Å². The van der Waals surface area contributed by atoms with Gasteiger partial charge in [0.25, 0.3) is 0 Å². The van der Waals surface area contributed by atoms with E-state index in [9.17, 15) is 13.6 Å². The Morgan fingerprint density at radius 1 is 0.903 bits per heavy atom. The lowest BCUT2D eigenvalue weighted by Gasteiger charge is -2.09. The number of rotatable bonds is 5. The quantitative estimate of drug-likeness (QED) is 0.487. The molecule has 2 N–H and O–H groups in total. The maximum Gasteiger partial charge on any atom is 0.323 e. The molecule has 0 atom stereocenters. The average Bonchev–Trinajstić information content (AvgIpc) is 3.19. The number of hydrogen-bond donors (Lipinski definition) is 2. The van der Waals surface area contributed by atoms with Crippen LogP contribution in [0.25, 0.3) is 5.82 Å². The van der Waals surface area contributed by atoms with Crippen LogP contribution in [0.1, 0.15) is 5.69 Å². The Balaban J connectivity index is 1.34. The lowest BCUT2D eigenvalue weighted by atomic mass is 10.3. The molecule has 0 unspecified atom stereocenters. The van der Waals surface area contributed by atoms with Gasteiger partial charge in [0.2, 0.25) is 5.88 Å². The van der Waals surface area contributed by atoms with E-state index in [1.165, 1.54) is 6.07 Å². The third-order valence-corrected chi connectivity index (χ3v) is 4.10. The zero-order valence-corrected chi connectivity index (χ0v) is 16.2. The Bertz CT molecular complexity index is 1210. The third-order valence-electron chi connectivity index (χ3n) is 4.10. The van der Waals surface area contributed by atoms with Crippen molar-refractivity contribution in [2.45, 2.75) is 6.92 Å². The minimum absolute atomic E-state index is 0.128. The monoisotopic (exact) mass is 422 g/mol. The van der Waals surface area contributed by atoms with E-state index in [0.717, 1.165) is 17.8 Å². The summed E-state index contributed by atoms with van der Waals surface area (Å²) in [6.45, 7) is 1.88. The van der Waals surface area contributed by atoms with Crippen molar-refractivity contribution in [2.24, 2.45) is 0 Å². The van der Waals surface area contributed by atoms with Gasteiger partial charge in [-0.15, -0.1) is 10.2 Å². The Morgan fingerprint density at radius 2 is 1.65 bits per heavy atom. The molecule has 0 aliphatic heterocycles. The molecule has 4 aromatic rings. The van der Waals surface area contributed by atoms with Crippen LogP contribution in [-0.4, -0.2) is 26.0 Å². The number of ether oxygens (including phenoxy) is 1. The Labute approximate surface area is 175 Å². The molecule has 2 aromatic heterocycles. The van der Waals surface area contributed by atoms with Crippen LogP contribution in [-0.2, 0) is 0 Å². The van der Waals surface area contributed by atoms with Gasteiger partial charge in [-0.1, -0.05) is 0 Å². The second kappa shape index (κ2) is 8.57. The predicted molar refractivity (Wildman–Crippen MR) is 109 cm³/mol. The average molecular weight is 422 g/mol. The zero-order chi connectivity index (χ0) is 21.8. The second-order valence-electron chi connectivity index (χ2n) is 6.47. The van der Waals surface area contributed by atoms with Gasteiger partial charge in [-0.25, -0.2) is 18.3 Å². The summed E-state index contributed by atoms with van der Waals surface area (Å²) in [4.78, 5) is 12.0. The van der Waals surface area contributed by atoms with Gasteiger partial charge < -0.3 is 15.4 Å². The minimum atomic E-state index is -1.05. The van der Waals surface area contributed by atoms with E-state index >= 15 is 0 Å². The number of nitrogens with zero attached hydrogens (tertiary/aromatic N) is 4. The second-order valence-corrected chi connectivity index (χ2v) is 6.47. The molecule has 31 heavy (non-hydrogen) atoms. The highest BCUT2D eigenvalue weighted by atomic mass is 19.2. The SMILES string of the molecule is Cc1ccn(-c2ccc(Oc3ccc(NC(=O)Nc4ccc(F)c(F)c4)cc3)nn2)n1. The van der Waals surface area contributed by atoms with Crippen LogP contribution in [0.15, 0.2) is 66.9 Å². The van der Waals surface area contributed by atoms with Crippen LogP contribution in [0.3, 0.4) is 0 Å². The Hall–Kier alpha value is -4.34. The van der Waals surface area contributed by atoms with Crippen molar-refractivity contribution >= 4 is 17.4 Å². The standard InChI is InChI=1S/C21H16F2N6O2/c1-13-10-11-29(28-13)19-8-9-20(27-26-19)31-16-5-2-14(3-6-16)24-21(30)25-15-4-7-17(22)18(23)12-15/h2-12H,1H3,(H2,24,25,30). The van der Waals surface area contributed by atoms with Crippen molar-refractivity contribution in [3.8, 4) is 17.4 Å². The van der Waals surface area contributed by atoms with Gasteiger partial charge in [-0.2, -0.15) is 5.10 Å². The lowest BCUT2D eigenvalue weighted by molar-refractivity contribution is 0.262. The first-order valence-electron chi connectivity index (χ1n) is 9.14. The highest BCUT2D eigenvalue weighted by Gasteiger charge is 2.08. The summed E-state index contributed by atoms with van der Waals surface area (Å²) in [5, 5.41) is 17.4. The number of carbonyl (C=O) groups excluding carboxylic acids is 1. The lowest BCUT2D eigenvalue weighted by Crippen LogP contribution is -2.19. The number of halogens is 2. The zero-order valence-electron chi connectivity index (χ0n) is 16.2. The van der Waals surface area contributed by atoms with Gasteiger partial charge in [0.05, 0.1) is 5.69 Å². The minimum Gasteiger partial charge on any atom is -0.438 e. The van der Waals surface area contributed by atoms with Crippen molar-refractivity contribution in [3.63, 3.8) is 0 Å². The number of anilines is 2. The number of aryl methyl sites for hydroxylation is 1. The molecule has 156 valence electrons.